The first-order valence-corrected chi connectivity index (χ1v) is 10.0. The van der Waals surface area contributed by atoms with Crippen LogP contribution in [0.5, 0.6) is 5.75 Å². The summed E-state index contributed by atoms with van der Waals surface area (Å²) in [5.41, 5.74) is 5.61. The smallest absolute Gasteiger partial charge is 0.251 e. The van der Waals surface area contributed by atoms with Gasteiger partial charge in [-0.3, -0.25) is 4.79 Å². The number of amides is 1. The molecule has 4 nitrogen and oxygen atoms in total. The molecule has 28 heavy (non-hydrogen) atoms. The number of thiazole rings is 1. The summed E-state index contributed by atoms with van der Waals surface area (Å²) >= 11 is 1.53. The van der Waals surface area contributed by atoms with Crippen LogP contribution in [0.3, 0.4) is 0 Å². The van der Waals surface area contributed by atoms with Gasteiger partial charge in [0.15, 0.2) is 0 Å². The molecule has 0 saturated carbocycles. The van der Waals surface area contributed by atoms with Crippen LogP contribution in [0.2, 0.25) is 0 Å². The van der Waals surface area contributed by atoms with E-state index in [4.69, 9.17) is 4.74 Å². The third kappa shape index (κ3) is 4.56. The first-order chi connectivity index (χ1) is 13.8. The molecular formula is C23H20N2O2S. The van der Waals surface area contributed by atoms with E-state index in [1.54, 1.807) is 11.6 Å². The Kier molecular flexibility index (Phi) is 5.64. The molecule has 0 spiro atoms. The third-order valence-electron chi connectivity index (χ3n) is 4.45. The zero-order chi connectivity index (χ0) is 19.2. The molecule has 5 heteroatoms. The predicted molar refractivity (Wildman–Crippen MR) is 113 cm³/mol. The minimum atomic E-state index is -0.0919. The van der Waals surface area contributed by atoms with Crippen molar-refractivity contribution in [3.63, 3.8) is 0 Å². The van der Waals surface area contributed by atoms with Crippen LogP contribution in [0, 0.1) is 0 Å². The van der Waals surface area contributed by atoms with Crippen LogP contribution in [0.1, 0.15) is 21.5 Å². The fourth-order valence-electron chi connectivity index (χ4n) is 2.96. The molecule has 0 fully saturated rings. The van der Waals surface area contributed by atoms with E-state index in [1.807, 2.05) is 54.6 Å². The van der Waals surface area contributed by atoms with Gasteiger partial charge in [0.25, 0.3) is 5.91 Å². The number of ether oxygens (including phenoxy) is 1. The van der Waals surface area contributed by atoms with Gasteiger partial charge in [0.1, 0.15) is 5.75 Å². The normalized spacial score (nSPS) is 10.7. The van der Waals surface area contributed by atoms with Gasteiger partial charge in [-0.15, -0.1) is 11.3 Å². The van der Waals surface area contributed by atoms with Gasteiger partial charge in [-0.25, -0.2) is 4.98 Å². The Hall–Kier alpha value is -3.18. The number of nitrogens with zero attached hydrogens (tertiary/aromatic N) is 1. The highest BCUT2D eigenvalue weighted by Crippen LogP contribution is 2.19. The Balaban J connectivity index is 1.32. The highest BCUT2D eigenvalue weighted by atomic mass is 32.1. The van der Waals surface area contributed by atoms with Crippen LogP contribution in [0.4, 0.5) is 0 Å². The average Bonchev–Trinajstić information content (AvgIpc) is 3.21. The Morgan fingerprint density at radius 2 is 1.82 bits per heavy atom. The predicted octanol–water partition coefficient (Wildman–Crippen LogP) is 4.85. The number of rotatable bonds is 7. The Labute approximate surface area is 167 Å². The van der Waals surface area contributed by atoms with E-state index >= 15 is 0 Å². The second-order valence-corrected chi connectivity index (χ2v) is 7.34. The Bertz CT molecular complexity index is 1080. The van der Waals surface area contributed by atoms with E-state index in [1.165, 1.54) is 16.9 Å². The van der Waals surface area contributed by atoms with Crippen LogP contribution >= 0.6 is 11.3 Å². The summed E-state index contributed by atoms with van der Waals surface area (Å²) < 4.78 is 6.88. The zero-order valence-electron chi connectivity index (χ0n) is 15.3. The van der Waals surface area contributed by atoms with E-state index in [-0.39, 0.29) is 5.91 Å². The van der Waals surface area contributed by atoms with Gasteiger partial charge in [0, 0.05) is 18.5 Å². The van der Waals surface area contributed by atoms with E-state index in [2.05, 4.69) is 22.4 Å². The molecule has 1 amide bonds. The lowest BCUT2D eigenvalue weighted by Gasteiger charge is -2.09. The van der Waals surface area contributed by atoms with Crippen molar-refractivity contribution in [2.45, 2.75) is 13.0 Å². The van der Waals surface area contributed by atoms with Crippen molar-refractivity contribution in [1.29, 1.82) is 0 Å². The van der Waals surface area contributed by atoms with Gasteiger partial charge in [-0.05, 0) is 41.5 Å². The summed E-state index contributed by atoms with van der Waals surface area (Å²) in [6, 6.07) is 23.7. The Morgan fingerprint density at radius 1 is 0.964 bits per heavy atom. The van der Waals surface area contributed by atoms with E-state index in [0.717, 1.165) is 28.0 Å². The molecule has 0 unspecified atom stereocenters. The molecule has 0 aliphatic heterocycles. The van der Waals surface area contributed by atoms with Crippen molar-refractivity contribution in [2.24, 2.45) is 0 Å². The number of nitrogens with one attached hydrogen (secondary N) is 1. The molecule has 0 radical (unpaired) electrons. The summed E-state index contributed by atoms with van der Waals surface area (Å²) in [5.74, 6) is 0.722. The topological polar surface area (TPSA) is 51.2 Å². The number of hydrogen-bond acceptors (Lipinski definition) is 4. The molecule has 1 aromatic heterocycles. The molecule has 0 atom stereocenters. The fraction of sp³-hybridized carbons (Fsp3) is 0.130. The number of benzene rings is 3. The number of carbonyl (C=O) groups is 1. The summed E-state index contributed by atoms with van der Waals surface area (Å²) in [6.07, 6.45) is 0.863. The van der Waals surface area contributed by atoms with Crippen molar-refractivity contribution < 1.29 is 9.53 Å². The molecule has 140 valence electrons. The highest BCUT2D eigenvalue weighted by molar-refractivity contribution is 7.16. The minimum Gasteiger partial charge on any atom is -0.493 e. The number of aromatic nitrogens is 1. The third-order valence-corrected chi connectivity index (χ3v) is 5.24. The van der Waals surface area contributed by atoms with Crippen LogP contribution < -0.4 is 10.1 Å². The fourth-order valence-corrected chi connectivity index (χ4v) is 3.67. The number of fused-ring (bicyclic) bond motifs is 1. The second kappa shape index (κ2) is 8.67. The van der Waals surface area contributed by atoms with Gasteiger partial charge in [0.2, 0.25) is 0 Å². The maximum atomic E-state index is 12.4. The molecule has 0 aliphatic carbocycles. The van der Waals surface area contributed by atoms with Gasteiger partial charge >= 0.3 is 0 Å². The van der Waals surface area contributed by atoms with Crippen molar-refractivity contribution in [3.05, 3.63) is 95.0 Å². The van der Waals surface area contributed by atoms with Crippen LogP contribution in [-0.4, -0.2) is 17.5 Å². The van der Waals surface area contributed by atoms with Crippen molar-refractivity contribution in [2.75, 3.05) is 6.61 Å². The summed E-state index contributed by atoms with van der Waals surface area (Å²) in [6.45, 7) is 1.07. The summed E-state index contributed by atoms with van der Waals surface area (Å²) in [5, 5.41) is 2.97. The average molecular weight is 388 g/mol. The van der Waals surface area contributed by atoms with Gasteiger partial charge in [0.05, 0.1) is 22.3 Å². The lowest BCUT2D eigenvalue weighted by atomic mass is 10.1. The van der Waals surface area contributed by atoms with E-state index in [0.29, 0.717) is 18.7 Å². The number of carbonyl (C=O) groups excluding carboxylic acids is 1. The molecule has 0 saturated heterocycles. The minimum absolute atomic E-state index is 0.0919. The maximum absolute atomic E-state index is 12.4. The zero-order valence-corrected chi connectivity index (χ0v) is 16.1. The quantitative estimate of drug-likeness (QED) is 0.492. The van der Waals surface area contributed by atoms with Crippen LogP contribution in [-0.2, 0) is 13.0 Å². The first-order valence-electron chi connectivity index (χ1n) is 9.15. The molecule has 0 bridgehead atoms. The molecule has 3 aromatic carbocycles. The summed E-state index contributed by atoms with van der Waals surface area (Å²) in [7, 11) is 0. The maximum Gasteiger partial charge on any atom is 0.251 e. The Morgan fingerprint density at radius 3 is 2.71 bits per heavy atom. The van der Waals surface area contributed by atoms with Crippen LogP contribution in [0.15, 0.2) is 78.3 Å². The van der Waals surface area contributed by atoms with E-state index in [9.17, 15) is 4.79 Å². The highest BCUT2D eigenvalue weighted by Gasteiger charge is 2.08. The van der Waals surface area contributed by atoms with Crippen molar-refractivity contribution in [1.82, 2.24) is 10.3 Å². The number of hydrogen-bond donors (Lipinski definition) is 1. The lowest BCUT2D eigenvalue weighted by molar-refractivity contribution is 0.0951. The summed E-state index contributed by atoms with van der Waals surface area (Å²) in [4.78, 5) is 16.7. The SMILES string of the molecule is O=C(NCc1cccc(OCCc2ccccc2)c1)c1ccc2ncsc2c1. The second-order valence-electron chi connectivity index (χ2n) is 6.45. The molecule has 4 rings (SSSR count). The first kappa shape index (κ1) is 18.2. The van der Waals surface area contributed by atoms with Gasteiger partial charge in [-0.1, -0.05) is 42.5 Å². The molecule has 1 heterocycles. The standard InChI is InChI=1S/C23H20N2O2S/c26-23(19-9-10-21-22(14-19)28-16-25-21)24-15-18-7-4-8-20(13-18)27-12-11-17-5-2-1-3-6-17/h1-10,13-14,16H,11-12,15H2,(H,24,26). The van der Waals surface area contributed by atoms with Crippen molar-refractivity contribution >= 4 is 27.5 Å². The lowest BCUT2D eigenvalue weighted by Crippen LogP contribution is -2.22. The van der Waals surface area contributed by atoms with E-state index < -0.39 is 0 Å². The molecule has 0 aliphatic rings. The largest absolute Gasteiger partial charge is 0.493 e. The van der Waals surface area contributed by atoms with Crippen molar-refractivity contribution in [3.8, 4) is 5.75 Å². The van der Waals surface area contributed by atoms with Crippen LogP contribution in [0.25, 0.3) is 10.2 Å². The van der Waals surface area contributed by atoms with Gasteiger partial charge in [-0.2, -0.15) is 0 Å². The van der Waals surface area contributed by atoms with Gasteiger partial charge < -0.3 is 10.1 Å². The molecule has 4 aromatic rings. The molecular weight excluding hydrogens is 368 g/mol. The molecule has 1 N–H and O–H groups in total. The monoisotopic (exact) mass is 388 g/mol.